The van der Waals surface area contributed by atoms with Gasteiger partial charge in [0.15, 0.2) is 16.6 Å². The molecule has 0 saturated carbocycles. The highest BCUT2D eigenvalue weighted by atomic mass is 32.1. The van der Waals surface area contributed by atoms with E-state index < -0.39 is 12.0 Å². The van der Waals surface area contributed by atoms with E-state index in [2.05, 4.69) is 29.7 Å². The molecule has 0 spiro atoms. The van der Waals surface area contributed by atoms with Gasteiger partial charge in [-0.25, -0.2) is 4.79 Å². The highest BCUT2D eigenvalue weighted by Crippen LogP contribution is 2.35. The van der Waals surface area contributed by atoms with Gasteiger partial charge in [-0.1, -0.05) is 35.9 Å². The second-order valence-corrected chi connectivity index (χ2v) is 7.38. The molecule has 2 N–H and O–H groups in total. The Balaban J connectivity index is 1.89. The summed E-state index contributed by atoms with van der Waals surface area (Å²) in [5, 5.41) is 6.57. The largest absolute Gasteiger partial charge is 0.490 e. The summed E-state index contributed by atoms with van der Waals surface area (Å²) in [6.45, 7) is 6.69. The maximum atomic E-state index is 12.4. The number of esters is 1. The first kappa shape index (κ1) is 21.6. The average Bonchev–Trinajstić information content (AvgIpc) is 2.73. The molecule has 3 rings (SSSR count). The Morgan fingerprint density at radius 2 is 1.80 bits per heavy atom. The Labute approximate surface area is 182 Å². The fourth-order valence-corrected chi connectivity index (χ4v) is 3.53. The van der Waals surface area contributed by atoms with Crippen molar-refractivity contribution < 1.29 is 19.0 Å². The number of rotatable bonds is 7. The van der Waals surface area contributed by atoms with Crippen LogP contribution in [0.15, 0.2) is 53.7 Å². The highest BCUT2D eigenvalue weighted by Gasteiger charge is 2.31. The minimum absolute atomic E-state index is 0.419. The number of hydrogen-bond acceptors (Lipinski definition) is 5. The summed E-state index contributed by atoms with van der Waals surface area (Å²) in [5.74, 6) is 0.825. The van der Waals surface area contributed by atoms with Crippen molar-refractivity contribution in [3.8, 4) is 11.5 Å². The number of thiocarbonyl (C=S) groups is 1. The smallest absolute Gasteiger partial charge is 0.337 e. The molecule has 0 unspecified atom stereocenters. The second-order valence-electron chi connectivity index (χ2n) is 6.98. The molecule has 1 atom stereocenters. The number of hydrogen-bond donors (Lipinski definition) is 2. The number of carbonyl (C=O) groups is 1. The van der Waals surface area contributed by atoms with E-state index in [4.69, 9.17) is 26.4 Å². The van der Waals surface area contributed by atoms with Crippen LogP contribution in [0.3, 0.4) is 0 Å². The zero-order valence-electron chi connectivity index (χ0n) is 17.6. The van der Waals surface area contributed by atoms with Crippen LogP contribution in [0.4, 0.5) is 0 Å². The third-order valence-electron chi connectivity index (χ3n) is 4.79. The van der Waals surface area contributed by atoms with Gasteiger partial charge in [-0.3, -0.25) is 0 Å². The van der Waals surface area contributed by atoms with Crippen molar-refractivity contribution >= 4 is 23.3 Å². The standard InChI is InChI=1S/C23H26N2O4S/c1-5-28-19-12-17(21-20(22(26)27-4)15(3)24-23(30)25-21)10-11-18(19)29-13-16-8-6-14(2)7-9-16/h6-12,21H,5,13H2,1-4H3,(H2,24,25,30)/t21-/m1/s1. The number of benzene rings is 2. The van der Waals surface area contributed by atoms with Gasteiger partial charge in [-0.2, -0.15) is 0 Å². The first-order valence-corrected chi connectivity index (χ1v) is 10.2. The van der Waals surface area contributed by atoms with Crippen LogP contribution in [0.1, 0.15) is 36.6 Å². The van der Waals surface area contributed by atoms with E-state index in [-0.39, 0.29) is 0 Å². The first-order valence-electron chi connectivity index (χ1n) is 9.74. The van der Waals surface area contributed by atoms with Crippen LogP contribution in [0.2, 0.25) is 0 Å². The summed E-state index contributed by atoms with van der Waals surface area (Å²) in [4.78, 5) is 12.4. The molecule has 6 nitrogen and oxygen atoms in total. The lowest BCUT2D eigenvalue weighted by molar-refractivity contribution is -0.136. The lowest BCUT2D eigenvalue weighted by Gasteiger charge is -2.30. The van der Waals surface area contributed by atoms with Crippen molar-refractivity contribution in [2.24, 2.45) is 0 Å². The molecule has 0 amide bonds. The minimum Gasteiger partial charge on any atom is -0.490 e. The molecule has 30 heavy (non-hydrogen) atoms. The molecule has 1 heterocycles. The van der Waals surface area contributed by atoms with Gasteiger partial charge in [0.25, 0.3) is 0 Å². The molecule has 2 aromatic carbocycles. The number of carbonyl (C=O) groups excluding carboxylic acids is 1. The van der Waals surface area contributed by atoms with E-state index in [1.165, 1.54) is 12.7 Å². The van der Waals surface area contributed by atoms with Crippen molar-refractivity contribution in [1.82, 2.24) is 10.6 Å². The quantitative estimate of drug-likeness (QED) is 0.513. The van der Waals surface area contributed by atoms with Crippen molar-refractivity contribution in [2.45, 2.75) is 33.4 Å². The van der Waals surface area contributed by atoms with Gasteiger partial charge in [0.05, 0.1) is 25.3 Å². The average molecular weight is 427 g/mol. The predicted molar refractivity (Wildman–Crippen MR) is 119 cm³/mol. The molecule has 7 heteroatoms. The van der Waals surface area contributed by atoms with Crippen LogP contribution in [0.5, 0.6) is 11.5 Å². The summed E-state index contributed by atoms with van der Waals surface area (Å²) in [6.07, 6.45) is 0. The van der Waals surface area contributed by atoms with Gasteiger partial charge in [-0.15, -0.1) is 0 Å². The lowest BCUT2D eigenvalue weighted by atomic mass is 9.95. The van der Waals surface area contributed by atoms with Crippen LogP contribution in [0, 0.1) is 6.92 Å². The first-order chi connectivity index (χ1) is 14.4. The summed E-state index contributed by atoms with van der Waals surface area (Å²) in [6, 6.07) is 13.4. The summed E-state index contributed by atoms with van der Waals surface area (Å²) >= 11 is 5.29. The van der Waals surface area contributed by atoms with Crippen molar-refractivity contribution in [1.29, 1.82) is 0 Å². The zero-order chi connectivity index (χ0) is 21.7. The maximum Gasteiger partial charge on any atom is 0.337 e. The number of allylic oxidation sites excluding steroid dienone is 1. The van der Waals surface area contributed by atoms with E-state index >= 15 is 0 Å². The van der Waals surface area contributed by atoms with Gasteiger partial charge >= 0.3 is 5.97 Å². The molecular formula is C23H26N2O4S. The molecule has 2 aromatic rings. The van der Waals surface area contributed by atoms with Crippen LogP contribution < -0.4 is 20.1 Å². The summed E-state index contributed by atoms with van der Waals surface area (Å²) in [7, 11) is 1.36. The van der Waals surface area contributed by atoms with E-state index in [0.717, 1.165) is 11.1 Å². The molecule has 0 radical (unpaired) electrons. The topological polar surface area (TPSA) is 68.8 Å². The number of methoxy groups -OCH3 is 1. The van der Waals surface area contributed by atoms with E-state index in [0.29, 0.717) is 41.1 Å². The summed E-state index contributed by atoms with van der Waals surface area (Å²) < 4.78 is 16.8. The fourth-order valence-electron chi connectivity index (χ4n) is 3.26. The molecular weight excluding hydrogens is 400 g/mol. The monoisotopic (exact) mass is 426 g/mol. The van der Waals surface area contributed by atoms with Gasteiger partial charge < -0.3 is 24.8 Å². The Morgan fingerprint density at radius 1 is 1.07 bits per heavy atom. The maximum absolute atomic E-state index is 12.4. The van der Waals surface area contributed by atoms with Gasteiger partial charge in [0.1, 0.15) is 6.61 Å². The Morgan fingerprint density at radius 3 is 2.47 bits per heavy atom. The highest BCUT2D eigenvalue weighted by molar-refractivity contribution is 7.80. The van der Waals surface area contributed by atoms with Crippen LogP contribution in [0.25, 0.3) is 0 Å². The molecule has 0 aromatic heterocycles. The van der Waals surface area contributed by atoms with Crippen LogP contribution in [-0.4, -0.2) is 24.8 Å². The number of aryl methyl sites for hydroxylation is 1. The zero-order valence-corrected chi connectivity index (χ0v) is 18.4. The normalized spacial score (nSPS) is 15.9. The van der Waals surface area contributed by atoms with E-state index in [9.17, 15) is 4.79 Å². The Hall–Kier alpha value is -3.06. The lowest BCUT2D eigenvalue weighted by Crippen LogP contribution is -2.45. The van der Waals surface area contributed by atoms with Crippen molar-refractivity contribution in [3.63, 3.8) is 0 Å². The fraction of sp³-hybridized carbons (Fsp3) is 0.304. The molecule has 1 aliphatic rings. The Kier molecular flexibility index (Phi) is 6.95. The molecule has 0 aliphatic carbocycles. The van der Waals surface area contributed by atoms with Crippen molar-refractivity contribution in [3.05, 3.63) is 70.4 Å². The summed E-state index contributed by atoms with van der Waals surface area (Å²) in [5.41, 5.74) is 4.24. The van der Waals surface area contributed by atoms with Crippen molar-refractivity contribution in [2.75, 3.05) is 13.7 Å². The third kappa shape index (κ3) is 4.91. The van der Waals surface area contributed by atoms with E-state index in [1.54, 1.807) is 6.92 Å². The number of nitrogens with one attached hydrogen (secondary N) is 2. The molecule has 158 valence electrons. The molecule has 0 fully saturated rings. The van der Waals surface area contributed by atoms with E-state index in [1.807, 2.05) is 37.3 Å². The minimum atomic E-state index is -0.448. The molecule has 0 saturated heterocycles. The van der Waals surface area contributed by atoms with Gasteiger partial charge in [-0.05, 0) is 56.2 Å². The van der Waals surface area contributed by atoms with Gasteiger partial charge in [0, 0.05) is 5.70 Å². The third-order valence-corrected chi connectivity index (χ3v) is 5.01. The number of ether oxygens (including phenoxy) is 3. The van der Waals surface area contributed by atoms with Crippen LogP contribution in [-0.2, 0) is 16.1 Å². The van der Waals surface area contributed by atoms with Crippen LogP contribution >= 0.6 is 12.2 Å². The molecule has 0 bridgehead atoms. The molecule has 1 aliphatic heterocycles. The van der Waals surface area contributed by atoms with Gasteiger partial charge in [0.2, 0.25) is 0 Å². The Bertz CT molecular complexity index is 970. The predicted octanol–water partition coefficient (Wildman–Crippen LogP) is 3.94. The SMILES string of the molecule is CCOc1cc([C@H]2NC(=S)NC(C)=C2C(=O)OC)ccc1OCc1ccc(C)cc1. The second kappa shape index (κ2) is 9.63.